The van der Waals surface area contributed by atoms with E-state index in [0.29, 0.717) is 25.1 Å². The fraction of sp³-hybridized carbons (Fsp3) is 0.333. The number of benzene rings is 2. The smallest absolute Gasteiger partial charge is 0.251 e. The lowest BCUT2D eigenvalue weighted by Crippen LogP contribution is -2.31. The fourth-order valence-corrected chi connectivity index (χ4v) is 3.07. The molecule has 2 amide bonds. The van der Waals surface area contributed by atoms with Gasteiger partial charge in [-0.3, -0.25) is 9.59 Å². The minimum Gasteiger partial charge on any atom is -0.491 e. The van der Waals surface area contributed by atoms with Crippen LogP contribution in [0.1, 0.15) is 30.6 Å². The van der Waals surface area contributed by atoms with Crippen LogP contribution in [0.5, 0.6) is 5.75 Å². The Labute approximate surface area is 154 Å². The fourth-order valence-electron chi connectivity index (χ4n) is 3.07. The first-order valence-electron chi connectivity index (χ1n) is 8.93. The molecule has 1 heterocycles. The minimum atomic E-state index is -0.133. The number of carbonyl (C=O) groups is 2. The van der Waals surface area contributed by atoms with Gasteiger partial charge in [0.15, 0.2) is 0 Å². The van der Waals surface area contributed by atoms with Crippen molar-refractivity contribution in [3.8, 4) is 5.75 Å². The molecule has 1 saturated heterocycles. The van der Waals surface area contributed by atoms with Gasteiger partial charge < -0.3 is 15.0 Å². The highest BCUT2D eigenvalue weighted by Crippen LogP contribution is 2.24. The average Bonchev–Trinajstić information content (AvgIpc) is 3.01. The van der Waals surface area contributed by atoms with Crippen LogP contribution in [0.3, 0.4) is 0 Å². The third kappa shape index (κ3) is 4.42. The van der Waals surface area contributed by atoms with Crippen LogP contribution >= 0.6 is 0 Å². The molecule has 2 aromatic carbocycles. The van der Waals surface area contributed by atoms with Crippen molar-refractivity contribution in [3.63, 3.8) is 0 Å². The van der Waals surface area contributed by atoms with Crippen molar-refractivity contribution in [3.05, 3.63) is 60.2 Å². The molecule has 0 radical (unpaired) electrons. The Morgan fingerprint density at radius 1 is 1.15 bits per heavy atom. The lowest BCUT2D eigenvalue weighted by Gasteiger charge is -2.17. The number of amides is 2. The Bertz CT molecular complexity index is 757. The second-order valence-electron chi connectivity index (χ2n) is 6.81. The molecular formula is C21H24N2O3. The Kier molecular flexibility index (Phi) is 5.56. The topological polar surface area (TPSA) is 58.6 Å². The Balaban J connectivity index is 1.53. The van der Waals surface area contributed by atoms with E-state index in [1.54, 1.807) is 29.2 Å². The molecular weight excluding hydrogens is 328 g/mol. The molecule has 1 unspecified atom stereocenters. The Morgan fingerprint density at radius 3 is 2.50 bits per heavy atom. The second kappa shape index (κ2) is 8.04. The Morgan fingerprint density at radius 2 is 1.85 bits per heavy atom. The first-order valence-corrected chi connectivity index (χ1v) is 8.93. The predicted octanol–water partition coefficient (Wildman–Crippen LogP) is 3.26. The van der Waals surface area contributed by atoms with Crippen molar-refractivity contribution in [1.29, 1.82) is 0 Å². The van der Waals surface area contributed by atoms with Gasteiger partial charge in [0.25, 0.3) is 5.91 Å². The number of rotatable bonds is 6. The molecule has 0 bridgehead atoms. The van der Waals surface area contributed by atoms with E-state index in [0.717, 1.165) is 11.4 Å². The molecule has 0 aliphatic carbocycles. The quantitative estimate of drug-likeness (QED) is 0.868. The number of para-hydroxylation sites is 1. The van der Waals surface area contributed by atoms with Crippen molar-refractivity contribution >= 4 is 17.5 Å². The standard InChI is InChI=1S/C21H24N2O3/c1-15(2)26-19-10-8-17(9-11-19)21(25)22-13-16-12-20(24)23(14-16)18-6-4-3-5-7-18/h3-11,15-16H,12-14H2,1-2H3,(H,22,25). The number of hydrogen-bond donors (Lipinski definition) is 1. The van der Waals surface area contributed by atoms with Crippen LogP contribution in [0.25, 0.3) is 0 Å². The van der Waals surface area contributed by atoms with Crippen molar-refractivity contribution in [2.45, 2.75) is 26.4 Å². The maximum Gasteiger partial charge on any atom is 0.251 e. The zero-order chi connectivity index (χ0) is 18.5. The van der Waals surface area contributed by atoms with Gasteiger partial charge in [-0.1, -0.05) is 18.2 Å². The summed E-state index contributed by atoms with van der Waals surface area (Å²) in [5, 5.41) is 2.94. The highest BCUT2D eigenvalue weighted by Gasteiger charge is 2.30. The van der Waals surface area contributed by atoms with E-state index < -0.39 is 0 Å². The molecule has 0 spiro atoms. The molecule has 1 atom stereocenters. The molecule has 26 heavy (non-hydrogen) atoms. The monoisotopic (exact) mass is 352 g/mol. The van der Waals surface area contributed by atoms with E-state index in [-0.39, 0.29) is 23.8 Å². The van der Waals surface area contributed by atoms with Gasteiger partial charge in [0, 0.05) is 36.7 Å². The number of nitrogens with zero attached hydrogens (tertiary/aromatic N) is 1. The van der Waals surface area contributed by atoms with E-state index in [1.807, 2.05) is 44.2 Å². The van der Waals surface area contributed by atoms with Crippen LogP contribution in [0.4, 0.5) is 5.69 Å². The SMILES string of the molecule is CC(C)Oc1ccc(C(=O)NCC2CC(=O)N(c3ccccc3)C2)cc1. The van der Waals surface area contributed by atoms with Crippen LogP contribution in [0.15, 0.2) is 54.6 Å². The van der Waals surface area contributed by atoms with Gasteiger partial charge in [-0.2, -0.15) is 0 Å². The highest BCUT2D eigenvalue weighted by molar-refractivity contribution is 5.96. The number of nitrogens with one attached hydrogen (secondary N) is 1. The predicted molar refractivity (Wildman–Crippen MR) is 101 cm³/mol. The van der Waals surface area contributed by atoms with Crippen LogP contribution in [0.2, 0.25) is 0 Å². The summed E-state index contributed by atoms with van der Waals surface area (Å²) in [6, 6.07) is 16.7. The lowest BCUT2D eigenvalue weighted by molar-refractivity contribution is -0.117. The normalized spacial score (nSPS) is 16.8. The van der Waals surface area contributed by atoms with Crippen molar-refractivity contribution in [2.24, 2.45) is 5.92 Å². The van der Waals surface area contributed by atoms with Gasteiger partial charge in [-0.05, 0) is 50.2 Å². The van der Waals surface area contributed by atoms with Gasteiger partial charge in [0.2, 0.25) is 5.91 Å². The molecule has 1 aliphatic rings. The number of anilines is 1. The molecule has 5 nitrogen and oxygen atoms in total. The van der Waals surface area contributed by atoms with Gasteiger partial charge in [0.05, 0.1) is 6.10 Å². The summed E-state index contributed by atoms with van der Waals surface area (Å²) in [6.07, 6.45) is 0.554. The van der Waals surface area contributed by atoms with Crippen LogP contribution < -0.4 is 15.0 Å². The molecule has 5 heteroatoms. The minimum absolute atomic E-state index is 0.0992. The third-order valence-electron chi connectivity index (χ3n) is 4.31. The molecule has 1 aliphatic heterocycles. The van der Waals surface area contributed by atoms with E-state index in [1.165, 1.54) is 0 Å². The first-order chi connectivity index (χ1) is 12.5. The van der Waals surface area contributed by atoms with Crippen LogP contribution in [-0.2, 0) is 4.79 Å². The van der Waals surface area contributed by atoms with Crippen LogP contribution in [0, 0.1) is 5.92 Å². The summed E-state index contributed by atoms with van der Waals surface area (Å²) in [7, 11) is 0. The summed E-state index contributed by atoms with van der Waals surface area (Å²) in [5.41, 5.74) is 1.50. The molecule has 1 N–H and O–H groups in total. The van der Waals surface area contributed by atoms with E-state index in [9.17, 15) is 9.59 Å². The van der Waals surface area contributed by atoms with E-state index in [2.05, 4.69) is 5.32 Å². The Hall–Kier alpha value is -2.82. The first kappa shape index (κ1) is 18.0. The maximum absolute atomic E-state index is 12.3. The molecule has 0 aromatic heterocycles. The largest absolute Gasteiger partial charge is 0.491 e. The summed E-state index contributed by atoms with van der Waals surface area (Å²) in [4.78, 5) is 26.3. The average molecular weight is 352 g/mol. The third-order valence-corrected chi connectivity index (χ3v) is 4.31. The summed E-state index contributed by atoms with van der Waals surface area (Å²) in [6.45, 7) is 5.03. The second-order valence-corrected chi connectivity index (χ2v) is 6.81. The number of carbonyl (C=O) groups excluding carboxylic acids is 2. The lowest BCUT2D eigenvalue weighted by atomic mass is 10.1. The number of ether oxygens (including phenoxy) is 1. The van der Waals surface area contributed by atoms with E-state index >= 15 is 0 Å². The van der Waals surface area contributed by atoms with Crippen molar-refractivity contribution in [1.82, 2.24) is 5.32 Å². The molecule has 3 rings (SSSR count). The van der Waals surface area contributed by atoms with Crippen LogP contribution in [-0.4, -0.2) is 31.0 Å². The maximum atomic E-state index is 12.3. The van der Waals surface area contributed by atoms with Gasteiger partial charge in [-0.15, -0.1) is 0 Å². The number of hydrogen-bond acceptors (Lipinski definition) is 3. The van der Waals surface area contributed by atoms with Gasteiger partial charge >= 0.3 is 0 Å². The van der Waals surface area contributed by atoms with Crippen molar-refractivity contribution in [2.75, 3.05) is 18.0 Å². The van der Waals surface area contributed by atoms with Gasteiger partial charge in [-0.25, -0.2) is 0 Å². The molecule has 2 aromatic rings. The summed E-state index contributed by atoms with van der Waals surface area (Å²) < 4.78 is 5.58. The van der Waals surface area contributed by atoms with Crippen molar-refractivity contribution < 1.29 is 14.3 Å². The molecule has 0 saturated carbocycles. The summed E-state index contributed by atoms with van der Waals surface area (Å²) >= 11 is 0. The van der Waals surface area contributed by atoms with Gasteiger partial charge in [0.1, 0.15) is 5.75 Å². The molecule has 1 fully saturated rings. The zero-order valence-electron chi connectivity index (χ0n) is 15.1. The summed E-state index contributed by atoms with van der Waals surface area (Å²) in [5.74, 6) is 0.837. The van der Waals surface area contributed by atoms with E-state index in [4.69, 9.17) is 4.74 Å². The molecule has 136 valence electrons. The highest BCUT2D eigenvalue weighted by atomic mass is 16.5. The zero-order valence-corrected chi connectivity index (χ0v) is 15.1.